The first-order chi connectivity index (χ1) is 15.5. The smallest absolute Gasteiger partial charge is 0.254 e. The van der Waals surface area contributed by atoms with Crippen molar-refractivity contribution in [3.63, 3.8) is 0 Å². The van der Waals surface area contributed by atoms with Gasteiger partial charge in [0, 0.05) is 22.5 Å². The van der Waals surface area contributed by atoms with E-state index in [1.807, 2.05) is 28.5 Å². The molecule has 2 atom stereocenters. The average molecular weight is 453 g/mol. The number of amides is 2. The molecule has 4 nitrogen and oxygen atoms in total. The van der Waals surface area contributed by atoms with Crippen molar-refractivity contribution in [2.75, 3.05) is 5.32 Å². The predicted octanol–water partition coefficient (Wildman–Crippen LogP) is 5.89. The van der Waals surface area contributed by atoms with Crippen molar-refractivity contribution in [2.24, 2.45) is 0 Å². The molecular formula is C25H22F2N2O2S. The van der Waals surface area contributed by atoms with Crippen LogP contribution in [-0.4, -0.2) is 22.8 Å². The number of hydrogen-bond donors (Lipinski definition) is 1. The molecule has 1 aliphatic carbocycles. The summed E-state index contributed by atoms with van der Waals surface area (Å²) in [6.45, 7) is 0. The molecule has 1 aromatic heterocycles. The third-order valence-corrected chi connectivity index (χ3v) is 7.34. The zero-order chi connectivity index (χ0) is 22.2. The molecule has 7 heteroatoms. The van der Waals surface area contributed by atoms with Crippen molar-refractivity contribution in [3.05, 3.63) is 87.6 Å². The lowest BCUT2D eigenvalue weighted by Gasteiger charge is -2.44. The van der Waals surface area contributed by atoms with Crippen LogP contribution in [-0.2, 0) is 4.79 Å². The molecule has 164 valence electrons. The first-order valence-electron chi connectivity index (χ1n) is 10.8. The lowest BCUT2D eigenvalue weighted by molar-refractivity contribution is -0.119. The van der Waals surface area contributed by atoms with E-state index in [1.54, 1.807) is 18.2 Å². The fourth-order valence-electron chi connectivity index (χ4n) is 4.98. The summed E-state index contributed by atoms with van der Waals surface area (Å²) in [5, 5.41) is 4.58. The molecule has 32 heavy (non-hydrogen) atoms. The Morgan fingerprint density at radius 3 is 2.53 bits per heavy atom. The Morgan fingerprint density at radius 1 is 1.03 bits per heavy atom. The monoisotopic (exact) mass is 452 g/mol. The first-order valence-corrected chi connectivity index (χ1v) is 11.6. The molecular weight excluding hydrogens is 430 g/mol. The zero-order valence-electron chi connectivity index (χ0n) is 17.3. The largest absolute Gasteiger partial charge is 0.327 e. The molecule has 1 saturated carbocycles. The number of nitrogens with one attached hydrogen (secondary N) is 1. The zero-order valence-corrected chi connectivity index (χ0v) is 18.1. The van der Waals surface area contributed by atoms with Gasteiger partial charge in [0.2, 0.25) is 5.91 Å². The Kier molecular flexibility index (Phi) is 5.51. The number of carbonyl (C=O) groups is 2. The summed E-state index contributed by atoms with van der Waals surface area (Å²) < 4.78 is 27.7. The average Bonchev–Trinajstić information content (AvgIpc) is 3.50. The summed E-state index contributed by atoms with van der Waals surface area (Å²) in [4.78, 5) is 30.1. The van der Waals surface area contributed by atoms with Crippen molar-refractivity contribution < 1.29 is 18.4 Å². The highest BCUT2D eigenvalue weighted by Crippen LogP contribution is 2.47. The molecule has 0 spiro atoms. The molecule has 2 heterocycles. The van der Waals surface area contributed by atoms with E-state index in [4.69, 9.17) is 0 Å². The third-order valence-electron chi connectivity index (χ3n) is 6.40. The fourth-order valence-corrected chi connectivity index (χ4v) is 5.84. The van der Waals surface area contributed by atoms with Crippen LogP contribution in [0, 0.1) is 11.6 Å². The summed E-state index contributed by atoms with van der Waals surface area (Å²) in [5.74, 6) is -2.75. The fraction of sp³-hybridized carbons (Fsp3) is 0.280. The van der Waals surface area contributed by atoms with E-state index in [0.29, 0.717) is 11.1 Å². The van der Waals surface area contributed by atoms with Crippen molar-refractivity contribution >= 4 is 28.8 Å². The number of thiophene rings is 1. The van der Waals surface area contributed by atoms with Gasteiger partial charge in [-0.1, -0.05) is 37.1 Å². The summed E-state index contributed by atoms with van der Waals surface area (Å²) in [6.07, 6.45) is 3.89. The molecule has 1 N–H and O–H groups in total. The quantitative estimate of drug-likeness (QED) is 0.537. The maximum Gasteiger partial charge on any atom is 0.254 e. The second kappa shape index (κ2) is 8.47. The second-order valence-corrected chi connectivity index (χ2v) is 9.27. The molecule has 2 aliphatic rings. The number of hydrogen-bond acceptors (Lipinski definition) is 3. The van der Waals surface area contributed by atoms with Gasteiger partial charge in [0.1, 0.15) is 11.6 Å². The number of halogens is 2. The summed E-state index contributed by atoms with van der Waals surface area (Å²) in [7, 11) is 0. The van der Waals surface area contributed by atoms with Crippen LogP contribution >= 0.6 is 11.3 Å². The third kappa shape index (κ3) is 3.60. The van der Waals surface area contributed by atoms with E-state index in [0.717, 1.165) is 42.7 Å². The minimum absolute atomic E-state index is 0.0563. The number of carbonyl (C=O) groups excluding carboxylic acids is 2. The van der Waals surface area contributed by atoms with Crippen LogP contribution in [0.5, 0.6) is 0 Å². The van der Waals surface area contributed by atoms with Crippen molar-refractivity contribution in [1.29, 1.82) is 0 Å². The molecule has 1 fully saturated rings. The first kappa shape index (κ1) is 20.8. The molecule has 0 bridgehead atoms. The van der Waals surface area contributed by atoms with E-state index < -0.39 is 29.5 Å². The van der Waals surface area contributed by atoms with Gasteiger partial charge in [0.25, 0.3) is 5.91 Å². The number of anilines is 1. The van der Waals surface area contributed by atoms with Gasteiger partial charge in [-0.05, 0) is 48.1 Å². The number of benzene rings is 2. The Balaban J connectivity index is 1.62. The maximum atomic E-state index is 14.3. The van der Waals surface area contributed by atoms with Crippen molar-refractivity contribution in [2.45, 2.75) is 43.7 Å². The van der Waals surface area contributed by atoms with E-state index >= 15 is 0 Å². The lowest BCUT2D eigenvalue weighted by atomic mass is 9.80. The van der Waals surface area contributed by atoms with E-state index in [1.165, 1.54) is 17.4 Å². The van der Waals surface area contributed by atoms with Crippen LogP contribution in [0.2, 0.25) is 0 Å². The molecule has 3 aromatic rings. The van der Waals surface area contributed by atoms with Gasteiger partial charge >= 0.3 is 0 Å². The number of nitrogens with zero attached hydrogens (tertiary/aromatic N) is 1. The molecule has 0 radical (unpaired) electrons. The lowest BCUT2D eigenvalue weighted by Crippen LogP contribution is -2.49. The van der Waals surface area contributed by atoms with Crippen molar-refractivity contribution in [1.82, 2.24) is 4.90 Å². The molecule has 2 unspecified atom stereocenters. The van der Waals surface area contributed by atoms with Gasteiger partial charge in [0.15, 0.2) is 0 Å². The molecule has 1 aliphatic heterocycles. The van der Waals surface area contributed by atoms with Gasteiger partial charge in [0.05, 0.1) is 17.6 Å². The predicted molar refractivity (Wildman–Crippen MR) is 120 cm³/mol. The summed E-state index contributed by atoms with van der Waals surface area (Å²) in [6, 6.07) is 13.7. The molecule has 2 aromatic carbocycles. The molecule has 5 rings (SSSR count). The molecule has 2 amide bonds. The number of fused-ring (bicyclic) bond motifs is 1. The van der Waals surface area contributed by atoms with E-state index in [2.05, 4.69) is 5.32 Å². The normalized spacial score (nSPS) is 20.9. The van der Waals surface area contributed by atoms with Crippen LogP contribution in [0.4, 0.5) is 14.5 Å². The Bertz CT molecular complexity index is 1160. The van der Waals surface area contributed by atoms with Crippen LogP contribution in [0.15, 0.2) is 60.0 Å². The Morgan fingerprint density at radius 2 is 1.81 bits per heavy atom. The standard InChI is InChI=1S/C25H22F2N2O2S/c26-15-11-12-20(19(27)14-15)28-24(30)22-17-8-3-4-9-18(17)25(31)29(16-6-1-2-7-16)23(22)21-10-5-13-32-21/h3-5,8-14,16,22-23H,1-2,6-7H2,(H,28,30). The van der Waals surface area contributed by atoms with Crippen LogP contribution < -0.4 is 5.32 Å². The van der Waals surface area contributed by atoms with Crippen LogP contribution in [0.1, 0.15) is 58.4 Å². The van der Waals surface area contributed by atoms with Gasteiger partial charge in [-0.15, -0.1) is 11.3 Å². The molecule has 0 saturated heterocycles. The highest BCUT2D eigenvalue weighted by molar-refractivity contribution is 7.10. The Hall–Kier alpha value is -3.06. The highest BCUT2D eigenvalue weighted by Gasteiger charge is 2.47. The number of rotatable bonds is 4. The van der Waals surface area contributed by atoms with Gasteiger partial charge in [-0.25, -0.2) is 8.78 Å². The van der Waals surface area contributed by atoms with Crippen LogP contribution in [0.25, 0.3) is 0 Å². The maximum absolute atomic E-state index is 14.3. The summed E-state index contributed by atoms with van der Waals surface area (Å²) >= 11 is 1.50. The van der Waals surface area contributed by atoms with Crippen molar-refractivity contribution in [3.8, 4) is 0 Å². The van der Waals surface area contributed by atoms with E-state index in [9.17, 15) is 18.4 Å². The van der Waals surface area contributed by atoms with Gasteiger partial charge in [-0.3, -0.25) is 9.59 Å². The Labute approximate surface area is 188 Å². The van der Waals surface area contributed by atoms with Gasteiger partial charge in [-0.2, -0.15) is 0 Å². The van der Waals surface area contributed by atoms with E-state index in [-0.39, 0.29) is 17.6 Å². The minimum atomic E-state index is -0.834. The highest BCUT2D eigenvalue weighted by atomic mass is 32.1. The summed E-state index contributed by atoms with van der Waals surface area (Å²) in [5.41, 5.74) is 1.06. The van der Waals surface area contributed by atoms with Crippen LogP contribution in [0.3, 0.4) is 0 Å². The topological polar surface area (TPSA) is 49.4 Å². The minimum Gasteiger partial charge on any atom is -0.327 e. The second-order valence-electron chi connectivity index (χ2n) is 8.29. The SMILES string of the molecule is O=C(Nc1ccc(F)cc1F)C1c2ccccc2C(=O)N(C2CCCC2)C1c1cccs1. The van der Waals surface area contributed by atoms with Gasteiger partial charge < -0.3 is 10.2 Å².